The molecule has 0 saturated carbocycles. The van der Waals surface area contributed by atoms with Crippen LogP contribution in [0.5, 0.6) is 0 Å². The van der Waals surface area contributed by atoms with E-state index in [0.29, 0.717) is 0 Å². The highest BCUT2D eigenvalue weighted by atomic mass is 28.3. The summed E-state index contributed by atoms with van der Waals surface area (Å²) in [6.07, 6.45) is 4.03. The number of benzene rings is 9. The maximum atomic E-state index is 5.77. The van der Waals surface area contributed by atoms with Gasteiger partial charge in [0.25, 0.3) is 0 Å². The van der Waals surface area contributed by atoms with Gasteiger partial charge >= 0.3 is 0 Å². The molecule has 0 N–H and O–H groups in total. The second-order valence-corrected chi connectivity index (χ2v) is 25.6. The quantitative estimate of drug-likeness (QED) is 0.107. The molecule has 0 spiro atoms. The maximum absolute atomic E-state index is 5.77. The molecular weight excluding hydrogens is 881 g/mol. The average Bonchev–Trinajstić information content (AvgIpc) is 3.79. The highest BCUT2D eigenvalue weighted by Gasteiger charge is 2.52. The zero-order valence-electron chi connectivity index (χ0n) is 38.3. The number of pyridine rings is 2. The molecule has 0 bridgehead atoms. The summed E-state index contributed by atoms with van der Waals surface area (Å²) in [5, 5.41) is 12.7. The predicted octanol–water partition coefficient (Wildman–Crippen LogP) is 9.78. The van der Waals surface area contributed by atoms with Crippen LogP contribution >= 0.6 is 0 Å². The Labute approximate surface area is 410 Å². The number of hydrogen-bond acceptors (Lipinski definition) is 3. The minimum atomic E-state index is -3.21. The number of hydrogen-bond donors (Lipinski definition) is 0. The molecule has 13 rings (SSSR count). The van der Waals surface area contributed by atoms with E-state index in [2.05, 4.69) is 277 Å². The van der Waals surface area contributed by atoms with Crippen molar-refractivity contribution in [1.29, 1.82) is 0 Å². The molecule has 6 heteroatoms. The lowest BCUT2D eigenvalue weighted by Crippen LogP contribution is -2.77. The summed E-state index contributed by atoms with van der Waals surface area (Å²) in [5.41, 5.74) is 7.73. The van der Waals surface area contributed by atoms with Gasteiger partial charge < -0.3 is 4.57 Å². The molecular formula is C64H46N4Si2. The van der Waals surface area contributed by atoms with E-state index in [-0.39, 0.29) is 0 Å². The molecule has 0 atom stereocenters. The zero-order valence-corrected chi connectivity index (χ0v) is 40.3. The molecule has 3 aromatic heterocycles. The zero-order chi connectivity index (χ0) is 46.5. The molecule has 0 unspecified atom stereocenters. The third-order valence-electron chi connectivity index (χ3n) is 14.5. The largest absolute Gasteiger partial charge is 0.309 e. The van der Waals surface area contributed by atoms with Gasteiger partial charge in [-0.25, -0.2) is 4.98 Å². The summed E-state index contributed by atoms with van der Waals surface area (Å²) in [4.78, 5) is 13.1. The summed E-state index contributed by atoms with van der Waals surface area (Å²) in [6, 6.07) is 98.6. The Morgan fingerprint density at radius 1 is 0.400 bits per heavy atom. The van der Waals surface area contributed by atoms with Crippen molar-refractivity contribution >= 4 is 96.6 Å². The van der Waals surface area contributed by atoms with E-state index in [4.69, 9.17) is 9.97 Å². The molecule has 4 nitrogen and oxygen atoms in total. The van der Waals surface area contributed by atoms with Crippen LogP contribution in [0.4, 0.5) is 17.2 Å². The van der Waals surface area contributed by atoms with Gasteiger partial charge in [-0.3, -0.25) is 9.88 Å². The van der Waals surface area contributed by atoms with Crippen LogP contribution < -0.4 is 46.4 Å². The van der Waals surface area contributed by atoms with Crippen LogP contribution in [0.1, 0.15) is 0 Å². The third kappa shape index (κ3) is 6.34. The van der Waals surface area contributed by atoms with E-state index < -0.39 is 16.1 Å². The van der Waals surface area contributed by atoms with Crippen LogP contribution in [-0.2, 0) is 0 Å². The minimum absolute atomic E-state index is 0.951. The van der Waals surface area contributed by atoms with Gasteiger partial charge in [-0.2, -0.15) is 0 Å². The lowest BCUT2D eigenvalue weighted by Gasteiger charge is -2.45. The summed E-state index contributed by atoms with van der Waals surface area (Å²) in [5.74, 6) is 0.951. The van der Waals surface area contributed by atoms with Crippen molar-refractivity contribution in [3.8, 4) is 16.9 Å². The summed E-state index contributed by atoms with van der Waals surface area (Å²) < 4.78 is 2.51. The SMILES string of the molecule is c1ccc(-n2c3ccccc3c3cnc4c(c32)[Si](c2ccccc2)(c2ccccc2)c2ccccc2N4c2cccc([Si](c3ccccc3)(c3ccccc3)c3cccc(-c4ccccn4)c3)c2)cc1. The smallest absolute Gasteiger partial charge is 0.188 e. The number of rotatable bonds is 9. The Balaban J connectivity index is 1.16. The van der Waals surface area contributed by atoms with Crippen molar-refractivity contribution in [3.63, 3.8) is 0 Å². The van der Waals surface area contributed by atoms with Crippen LogP contribution in [0.2, 0.25) is 0 Å². The van der Waals surface area contributed by atoms with Crippen LogP contribution in [0.3, 0.4) is 0 Å². The second kappa shape index (κ2) is 17.1. The second-order valence-electron chi connectivity index (χ2n) is 18.1. The van der Waals surface area contributed by atoms with Crippen molar-refractivity contribution in [2.75, 3.05) is 4.90 Å². The van der Waals surface area contributed by atoms with Gasteiger partial charge in [0.15, 0.2) is 16.1 Å². The van der Waals surface area contributed by atoms with Gasteiger partial charge in [0.05, 0.1) is 16.7 Å². The van der Waals surface area contributed by atoms with Crippen molar-refractivity contribution in [1.82, 2.24) is 14.5 Å². The summed E-state index contributed by atoms with van der Waals surface area (Å²) in [6.45, 7) is 0. The molecule has 0 radical (unpaired) electrons. The van der Waals surface area contributed by atoms with Crippen molar-refractivity contribution in [2.24, 2.45) is 0 Å². The highest BCUT2D eigenvalue weighted by Crippen LogP contribution is 2.41. The third-order valence-corrected chi connectivity index (χ3v) is 24.1. The summed E-state index contributed by atoms with van der Waals surface area (Å²) >= 11 is 0. The lowest BCUT2D eigenvalue weighted by molar-refractivity contribution is 1.16. The van der Waals surface area contributed by atoms with Gasteiger partial charge in [-0.05, 0) is 84.8 Å². The number of anilines is 3. The van der Waals surface area contributed by atoms with E-state index in [0.717, 1.165) is 45.0 Å². The molecule has 0 aliphatic carbocycles. The summed E-state index contributed by atoms with van der Waals surface area (Å²) in [7, 11) is -6.28. The van der Waals surface area contributed by atoms with E-state index in [9.17, 15) is 0 Å². The first-order chi connectivity index (χ1) is 34.8. The topological polar surface area (TPSA) is 34.0 Å². The average molecular weight is 927 g/mol. The highest BCUT2D eigenvalue weighted by molar-refractivity contribution is 7.22. The fourth-order valence-corrected chi connectivity index (χ4v) is 21.7. The molecule has 0 amide bonds. The van der Waals surface area contributed by atoms with E-state index >= 15 is 0 Å². The van der Waals surface area contributed by atoms with Gasteiger partial charge in [-0.1, -0.05) is 218 Å². The van der Waals surface area contributed by atoms with Crippen molar-refractivity contribution < 1.29 is 0 Å². The van der Waals surface area contributed by atoms with Crippen molar-refractivity contribution in [3.05, 3.63) is 279 Å². The van der Waals surface area contributed by atoms with Crippen LogP contribution in [-0.4, -0.2) is 30.7 Å². The van der Waals surface area contributed by atoms with E-state index in [1.165, 1.54) is 52.4 Å². The van der Waals surface area contributed by atoms with E-state index in [1.807, 2.05) is 12.3 Å². The first-order valence-electron chi connectivity index (χ1n) is 24.0. The maximum Gasteiger partial charge on any atom is 0.188 e. The monoisotopic (exact) mass is 926 g/mol. The first kappa shape index (κ1) is 41.5. The van der Waals surface area contributed by atoms with Gasteiger partial charge in [0.2, 0.25) is 0 Å². The normalized spacial score (nSPS) is 12.9. The molecule has 330 valence electrons. The Kier molecular flexibility index (Phi) is 10.2. The number of nitrogens with zero attached hydrogens (tertiary/aromatic N) is 4. The molecule has 4 heterocycles. The molecule has 1 aliphatic heterocycles. The number of fused-ring (bicyclic) bond motifs is 6. The van der Waals surface area contributed by atoms with Gasteiger partial charge in [-0.15, -0.1) is 0 Å². The Morgan fingerprint density at radius 2 is 0.943 bits per heavy atom. The Morgan fingerprint density at radius 3 is 1.61 bits per heavy atom. The molecule has 12 aromatic rings. The minimum Gasteiger partial charge on any atom is -0.309 e. The van der Waals surface area contributed by atoms with Gasteiger partial charge in [0, 0.05) is 51.0 Å². The molecule has 70 heavy (non-hydrogen) atoms. The predicted molar refractivity (Wildman–Crippen MR) is 297 cm³/mol. The van der Waals surface area contributed by atoms with Crippen LogP contribution in [0.15, 0.2) is 279 Å². The molecule has 0 saturated heterocycles. The fourth-order valence-electron chi connectivity index (χ4n) is 11.6. The van der Waals surface area contributed by atoms with E-state index in [1.54, 1.807) is 0 Å². The first-order valence-corrected chi connectivity index (χ1v) is 28.0. The fraction of sp³-hybridized carbons (Fsp3) is 0. The van der Waals surface area contributed by atoms with Gasteiger partial charge in [0.1, 0.15) is 5.82 Å². The number of para-hydroxylation sites is 3. The number of aromatic nitrogens is 3. The van der Waals surface area contributed by atoms with Crippen LogP contribution in [0.25, 0.3) is 38.8 Å². The molecule has 0 fully saturated rings. The van der Waals surface area contributed by atoms with Crippen molar-refractivity contribution in [2.45, 2.75) is 0 Å². The molecule has 9 aromatic carbocycles. The standard InChI is InChI=1S/C64H46N4Si2/c1-6-25-48(26-7-1)67-59-40-17-16-38-56(59)57-46-66-64-63(62(57)67)70(52-32-12-4-13-33-52,53-34-14-5-15-35-53)61-42-19-18-41-60(61)68(64)49-27-23-37-55(45-49)69(50-28-8-2-9-29-50,51-30-10-3-11-31-51)54-36-22-24-47(44-54)58-39-20-21-43-65-58/h1-46H. The Bertz CT molecular complexity index is 3750. The Hall–Kier alpha value is -8.69. The molecule has 1 aliphatic rings. The lowest BCUT2D eigenvalue weighted by atomic mass is 10.1. The van der Waals surface area contributed by atoms with Crippen LogP contribution in [0, 0.1) is 0 Å².